The molecule has 0 amide bonds. The Hall–Kier alpha value is -0.530. The molecule has 0 aliphatic carbocycles. The molecular formula is C13H19ClO. The summed E-state index contributed by atoms with van der Waals surface area (Å²) in [7, 11) is 1.74. The molecule has 0 N–H and O–H groups in total. The van der Waals surface area contributed by atoms with Gasteiger partial charge in [0.25, 0.3) is 0 Å². The van der Waals surface area contributed by atoms with Crippen molar-refractivity contribution in [1.82, 2.24) is 0 Å². The summed E-state index contributed by atoms with van der Waals surface area (Å²) in [6, 6.07) is 8.42. The van der Waals surface area contributed by atoms with E-state index in [1.54, 1.807) is 7.11 Å². The fourth-order valence-electron chi connectivity index (χ4n) is 1.81. The molecule has 2 atom stereocenters. The molecular weight excluding hydrogens is 208 g/mol. The minimum absolute atomic E-state index is 0.258. The molecule has 0 bridgehead atoms. The third kappa shape index (κ3) is 3.51. The van der Waals surface area contributed by atoms with E-state index in [0.29, 0.717) is 11.8 Å². The van der Waals surface area contributed by atoms with Crippen molar-refractivity contribution in [2.24, 2.45) is 0 Å². The van der Waals surface area contributed by atoms with Crippen LogP contribution >= 0.6 is 11.6 Å². The van der Waals surface area contributed by atoms with Crippen molar-refractivity contribution < 1.29 is 4.74 Å². The Morgan fingerprint density at radius 3 is 2.53 bits per heavy atom. The first-order chi connectivity index (χ1) is 7.19. The van der Waals surface area contributed by atoms with E-state index in [0.717, 1.165) is 6.42 Å². The maximum atomic E-state index is 6.02. The molecule has 0 aliphatic rings. The summed E-state index contributed by atoms with van der Waals surface area (Å²) in [4.78, 5) is 0. The first kappa shape index (κ1) is 12.5. The largest absolute Gasteiger partial charge is 0.382 e. The van der Waals surface area contributed by atoms with Crippen molar-refractivity contribution in [2.45, 2.75) is 32.3 Å². The molecule has 15 heavy (non-hydrogen) atoms. The zero-order chi connectivity index (χ0) is 11.3. The van der Waals surface area contributed by atoms with Gasteiger partial charge in [0, 0.05) is 18.9 Å². The van der Waals surface area contributed by atoms with Gasteiger partial charge in [-0.05, 0) is 31.4 Å². The molecule has 1 nitrogen and oxygen atoms in total. The van der Waals surface area contributed by atoms with Gasteiger partial charge in [-0.3, -0.25) is 0 Å². The van der Waals surface area contributed by atoms with Gasteiger partial charge in [0.15, 0.2) is 0 Å². The molecule has 0 fully saturated rings. The Labute approximate surface area is 97.4 Å². The van der Waals surface area contributed by atoms with E-state index >= 15 is 0 Å². The average molecular weight is 227 g/mol. The number of benzene rings is 1. The van der Waals surface area contributed by atoms with Gasteiger partial charge in [-0.25, -0.2) is 0 Å². The van der Waals surface area contributed by atoms with Crippen molar-refractivity contribution in [1.29, 1.82) is 0 Å². The van der Waals surface area contributed by atoms with Crippen LogP contribution in [0.1, 0.15) is 30.4 Å². The van der Waals surface area contributed by atoms with Crippen LogP contribution in [0.3, 0.4) is 0 Å². The highest BCUT2D eigenvalue weighted by Gasteiger charge is 2.15. The number of ether oxygens (including phenoxy) is 1. The number of aryl methyl sites for hydroxylation is 1. The van der Waals surface area contributed by atoms with Crippen LogP contribution in [0.15, 0.2) is 24.3 Å². The fraction of sp³-hybridized carbons (Fsp3) is 0.538. The average Bonchev–Trinajstić information content (AvgIpc) is 2.26. The lowest BCUT2D eigenvalue weighted by molar-refractivity contribution is 0.106. The fourth-order valence-corrected chi connectivity index (χ4v) is 2.11. The second-order valence-electron chi connectivity index (χ2n) is 3.99. The lowest BCUT2D eigenvalue weighted by atomic mass is 9.92. The van der Waals surface area contributed by atoms with E-state index in [4.69, 9.17) is 16.3 Å². The van der Waals surface area contributed by atoms with Gasteiger partial charge in [0.1, 0.15) is 0 Å². The Balaban J connectivity index is 2.78. The Morgan fingerprint density at radius 1 is 1.33 bits per heavy atom. The summed E-state index contributed by atoms with van der Waals surface area (Å²) in [6.07, 6.45) is 1.23. The highest BCUT2D eigenvalue weighted by molar-refractivity contribution is 6.18. The Bertz CT molecular complexity index is 298. The zero-order valence-corrected chi connectivity index (χ0v) is 10.4. The number of methoxy groups -OCH3 is 1. The van der Waals surface area contributed by atoms with E-state index in [9.17, 15) is 0 Å². The zero-order valence-electron chi connectivity index (χ0n) is 9.66. The normalized spacial score (nSPS) is 14.9. The molecule has 1 aromatic rings. The molecule has 0 aliphatic heterocycles. The van der Waals surface area contributed by atoms with E-state index in [2.05, 4.69) is 38.1 Å². The summed E-state index contributed by atoms with van der Waals surface area (Å²) in [5.74, 6) is 1.04. The molecule has 1 rings (SSSR count). The summed E-state index contributed by atoms with van der Waals surface area (Å²) in [5.41, 5.74) is 2.66. The topological polar surface area (TPSA) is 9.23 Å². The van der Waals surface area contributed by atoms with E-state index in [1.165, 1.54) is 11.1 Å². The lowest BCUT2D eigenvalue weighted by Gasteiger charge is -2.20. The van der Waals surface area contributed by atoms with Gasteiger partial charge in [-0.15, -0.1) is 11.6 Å². The van der Waals surface area contributed by atoms with Crippen LogP contribution < -0.4 is 0 Å². The van der Waals surface area contributed by atoms with Crippen LogP contribution in [0.5, 0.6) is 0 Å². The first-order valence-corrected chi connectivity index (χ1v) is 5.86. The van der Waals surface area contributed by atoms with Crippen LogP contribution in [0.2, 0.25) is 0 Å². The number of hydrogen-bond acceptors (Lipinski definition) is 1. The number of alkyl halides is 1. The van der Waals surface area contributed by atoms with E-state index in [-0.39, 0.29) is 6.10 Å². The van der Waals surface area contributed by atoms with Crippen LogP contribution in [-0.4, -0.2) is 19.1 Å². The van der Waals surface area contributed by atoms with Gasteiger partial charge < -0.3 is 4.74 Å². The van der Waals surface area contributed by atoms with Crippen molar-refractivity contribution >= 4 is 11.6 Å². The standard InChI is InChI=1S/C13H19ClO/c1-10-6-4-5-7-13(10)12(9-14)8-11(2)15-3/h4-7,11-12H,8-9H2,1-3H3. The van der Waals surface area contributed by atoms with Crippen molar-refractivity contribution in [2.75, 3.05) is 13.0 Å². The highest BCUT2D eigenvalue weighted by atomic mass is 35.5. The van der Waals surface area contributed by atoms with Gasteiger partial charge in [0.2, 0.25) is 0 Å². The lowest BCUT2D eigenvalue weighted by Crippen LogP contribution is -2.13. The molecule has 1 aromatic carbocycles. The molecule has 0 radical (unpaired) electrons. The van der Waals surface area contributed by atoms with Gasteiger partial charge in [-0.1, -0.05) is 24.3 Å². The minimum Gasteiger partial charge on any atom is -0.382 e. The maximum Gasteiger partial charge on any atom is 0.0549 e. The quantitative estimate of drug-likeness (QED) is 0.695. The molecule has 0 saturated heterocycles. The van der Waals surface area contributed by atoms with Gasteiger partial charge in [0.05, 0.1) is 6.10 Å². The van der Waals surface area contributed by atoms with Gasteiger partial charge in [-0.2, -0.15) is 0 Å². The number of halogens is 1. The molecule has 0 saturated carbocycles. The molecule has 0 heterocycles. The molecule has 84 valence electrons. The maximum absolute atomic E-state index is 6.02. The first-order valence-electron chi connectivity index (χ1n) is 5.33. The van der Waals surface area contributed by atoms with Crippen LogP contribution in [0.25, 0.3) is 0 Å². The molecule has 0 spiro atoms. The van der Waals surface area contributed by atoms with Crippen molar-refractivity contribution in [3.8, 4) is 0 Å². The SMILES string of the molecule is COC(C)CC(CCl)c1ccccc1C. The highest BCUT2D eigenvalue weighted by Crippen LogP contribution is 2.26. The minimum atomic E-state index is 0.258. The monoisotopic (exact) mass is 226 g/mol. The third-order valence-electron chi connectivity index (χ3n) is 2.83. The summed E-state index contributed by atoms with van der Waals surface area (Å²) in [5, 5.41) is 0. The third-order valence-corrected chi connectivity index (χ3v) is 3.21. The number of rotatable bonds is 5. The van der Waals surface area contributed by atoms with E-state index < -0.39 is 0 Å². The predicted octanol–water partition coefficient (Wildman–Crippen LogP) is 3.74. The Morgan fingerprint density at radius 2 is 2.00 bits per heavy atom. The van der Waals surface area contributed by atoms with Gasteiger partial charge >= 0.3 is 0 Å². The molecule has 0 aromatic heterocycles. The van der Waals surface area contributed by atoms with E-state index in [1.807, 2.05) is 0 Å². The smallest absolute Gasteiger partial charge is 0.0549 e. The molecule has 2 heteroatoms. The second kappa shape index (κ2) is 6.14. The van der Waals surface area contributed by atoms with Crippen LogP contribution in [0.4, 0.5) is 0 Å². The number of hydrogen-bond donors (Lipinski definition) is 0. The summed E-state index contributed by atoms with van der Waals surface area (Å²) >= 11 is 6.02. The Kier molecular flexibility index (Phi) is 5.13. The molecule has 2 unspecified atom stereocenters. The van der Waals surface area contributed by atoms with Crippen LogP contribution in [0, 0.1) is 6.92 Å². The second-order valence-corrected chi connectivity index (χ2v) is 4.30. The van der Waals surface area contributed by atoms with Crippen molar-refractivity contribution in [3.05, 3.63) is 35.4 Å². The predicted molar refractivity (Wildman–Crippen MR) is 65.7 cm³/mol. The van der Waals surface area contributed by atoms with Crippen LogP contribution in [-0.2, 0) is 4.74 Å². The summed E-state index contributed by atoms with van der Waals surface area (Å²) in [6.45, 7) is 4.21. The summed E-state index contributed by atoms with van der Waals surface area (Å²) < 4.78 is 5.29. The van der Waals surface area contributed by atoms with Crippen molar-refractivity contribution in [3.63, 3.8) is 0 Å².